The number of thiophene rings is 1. The van der Waals surface area contributed by atoms with Gasteiger partial charge in [-0.05, 0) is 26.0 Å². The molecule has 0 saturated heterocycles. The molecule has 1 aliphatic carbocycles. The molecule has 2 rings (SSSR count). The molecule has 2 nitrogen and oxygen atoms in total. The normalized spacial score (nSPS) is 16.6. The van der Waals surface area contributed by atoms with Gasteiger partial charge in [0.15, 0.2) is 0 Å². The van der Waals surface area contributed by atoms with Gasteiger partial charge >= 0.3 is 0 Å². The average molecular weight is 263 g/mol. The van der Waals surface area contributed by atoms with E-state index in [4.69, 9.17) is 5.11 Å². The van der Waals surface area contributed by atoms with Crippen LogP contribution in [0.25, 0.3) is 0 Å². The summed E-state index contributed by atoms with van der Waals surface area (Å²) in [5.41, 5.74) is 1.03. The lowest BCUT2D eigenvalue weighted by Crippen LogP contribution is -2.32. The number of hydrogen-bond donors (Lipinski definition) is 1. The van der Waals surface area contributed by atoms with Crippen LogP contribution in [0.3, 0.4) is 0 Å². The Balaban J connectivity index is 1.90. The molecule has 1 saturated carbocycles. The van der Waals surface area contributed by atoms with E-state index in [2.05, 4.69) is 35.2 Å². The second kappa shape index (κ2) is 6.94. The highest BCUT2D eigenvalue weighted by Crippen LogP contribution is 2.24. The van der Waals surface area contributed by atoms with Crippen LogP contribution in [0.1, 0.15) is 42.5 Å². The third kappa shape index (κ3) is 3.84. The Bertz CT molecular complexity index is 423. The highest BCUT2D eigenvalue weighted by atomic mass is 32.1. The van der Waals surface area contributed by atoms with E-state index in [1.807, 2.05) is 0 Å². The molecule has 0 atom stereocenters. The summed E-state index contributed by atoms with van der Waals surface area (Å²) < 4.78 is 0. The van der Waals surface area contributed by atoms with Gasteiger partial charge in [0, 0.05) is 28.4 Å². The van der Waals surface area contributed by atoms with Gasteiger partial charge in [-0.1, -0.05) is 31.1 Å². The van der Waals surface area contributed by atoms with Gasteiger partial charge in [-0.2, -0.15) is 0 Å². The van der Waals surface area contributed by atoms with Crippen molar-refractivity contribution in [2.75, 3.05) is 13.7 Å². The molecule has 98 valence electrons. The van der Waals surface area contributed by atoms with Gasteiger partial charge in [0.25, 0.3) is 0 Å². The minimum Gasteiger partial charge on any atom is -0.384 e. The summed E-state index contributed by atoms with van der Waals surface area (Å²) in [4.78, 5) is 3.85. The van der Waals surface area contributed by atoms with Crippen LogP contribution in [-0.2, 0) is 6.54 Å². The number of nitrogens with zero attached hydrogens (tertiary/aromatic N) is 1. The van der Waals surface area contributed by atoms with Crippen LogP contribution < -0.4 is 0 Å². The minimum atomic E-state index is -0.0623. The van der Waals surface area contributed by atoms with E-state index in [0.717, 1.165) is 18.2 Å². The summed E-state index contributed by atoms with van der Waals surface area (Å²) >= 11 is 1.77. The summed E-state index contributed by atoms with van der Waals surface area (Å²) in [5, 5.41) is 10.7. The molecule has 3 heteroatoms. The zero-order chi connectivity index (χ0) is 12.8. The molecule has 0 radical (unpaired) electrons. The van der Waals surface area contributed by atoms with Gasteiger partial charge in [0.1, 0.15) is 6.61 Å². The maximum absolute atomic E-state index is 8.67. The van der Waals surface area contributed by atoms with Crippen molar-refractivity contribution in [2.24, 2.45) is 0 Å². The molecule has 1 aromatic rings. The van der Waals surface area contributed by atoms with Gasteiger partial charge in [-0.25, -0.2) is 0 Å². The predicted octanol–water partition coefficient (Wildman–Crippen LogP) is 2.86. The van der Waals surface area contributed by atoms with Crippen LogP contribution in [-0.4, -0.2) is 29.7 Å². The Morgan fingerprint density at radius 3 is 2.89 bits per heavy atom. The second-order valence-corrected chi connectivity index (χ2v) is 5.96. The maximum atomic E-state index is 8.67. The fraction of sp³-hybridized carbons (Fsp3) is 0.600. The van der Waals surface area contributed by atoms with Gasteiger partial charge in [0.2, 0.25) is 0 Å². The molecule has 0 aliphatic heterocycles. The first-order valence-corrected chi connectivity index (χ1v) is 7.55. The summed E-state index contributed by atoms with van der Waals surface area (Å²) in [6.45, 7) is 0.962. The molecule has 0 aromatic carbocycles. The first-order valence-electron chi connectivity index (χ1n) is 6.67. The van der Waals surface area contributed by atoms with Crippen LogP contribution in [0, 0.1) is 11.8 Å². The summed E-state index contributed by atoms with van der Waals surface area (Å²) in [6.07, 6.45) is 6.86. The third-order valence-corrected chi connectivity index (χ3v) is 4.49. The smallest absolute Gasteiger partial charge is 0.104 e. The van der Waals surface area contributed by atoms with Crippen molar-refractivity contribution in [3.05, 3.63) is 21.9 Å². The van der Waals surface area contributed by atoms with Gasteiger partial charge < -0.3 is 5.11 Å². The van der Waals surface area contributed by atoms with Crippen LogP contribution in [0.15, 0.2) is 11.4 Å². The largest absolute Gasteiger partial charge is 0.384 e. The molecule has 18 heavy (non-hydrogen) atoms. The van der Waals surface area contributed by atoms with E-state index in [0.29, 0.717) is 0 Å². The monoisotopic (exact) mass is 263 g/mol. The Labute approximate surface area is 114 Å². The molecule has 1 aromatic heterocycles. The van der Waals surface area contributed by atoms with Gasteiger partial charge in [0.05, 0.1) is 0 Å². The predicted molar refractivity (Wildman–Crippen MR) is 76.6 cm³/mol. The molecular weight excluding hydrogens is 242 g/mol. The van der Waals surface area contributed by atoms with Crippen molar-refractivity contribution in [1.29, 1.82) is 0 Å². The van der Waals surface area contributed by atoms with Gasteiger partial charge in [-0.15, -0.1) is 11.3 Å². The van der Waals surface area contributed by atoms with Crippen molar-refractivity contribution in [3.8, 4) is 11.8 Å². The van der Waals surface area contributed by atoms with Crippen LogP contribution >= 0.6 is 11.3 Å². The summed E-state index contributed by atoms with van der Waals surface area (Å²) in [5.74, 6) is 5.65. The number of rotatable bonds is 3. The quantitative estimate of drug-likeness (QED) is 0.848. The van der Waals surface area contributed by atoms with E-state index >= 15 is 0 Å². The van der Waals surface area contributed by atoms with Crippen molar-refractivity contribution in [3.63, 3.8) is 0 Å². The zero-order valence-corrected chi connectivity index (χ0v) is 11.8. The van der Waals surface area contributed by atoms with Crippen LogP contribution in [0.2, 0.25) is 0 Å². The molecule has 0 amide bonds. The zero-order valence-electron chi connectivity index (χ0n) is 11.0. The van der Waals surface area contributed by atoms with Gasteiger partial charge in [-0.3, -0.25) is 4.90 Å². The standard InChI is InChI=1S/C15H21NOS/c1-16(14-7-3-2-4-8-14)11-15-10-13(12-18-15)6-5-9-17/h10,12,14,17H,2-4,7-9,11H2,1H3. The lowest BCUT2D eigenvalue weighted by Gasteiger charge is -2.30. The first kappa shape index (κ1) is 13.6. The minimum absolute atomic E-state index is 0.0623. The molecule has 1 N–H and O–H groups in total. The van der Waals surface area contributed by atoms with Crippen molar-refractivity contribution >= 4 is 11.3 Å². The number of aliphatic hydroxyl groups excluding tert-OH is 1. The van der Waals surface area contributed by atoms with Crippen molar-refractivity contribution in [1.82, 2.24) is 4.90 Å². The summed E-state index contributed by atoms with van der Waals surface area (Å²) in [6, 6.07) is 2.90. The van der Waals surface area contributed by atoms with Crippen LogP contribution in [0.4, 0.5) is 0 Å². The Hall–Kier alpha value is -0.820. The van der Waals surface area contributed by atoms with Crippen molar-refractivity contribution in [2.45, 2.75) is 44.7 Å². The van der Waals surface area contributed by atoms with Crippen LogP contribution in [0.5, 0.6) is 0 Å². The molecule has 1 aliphatic rings. The first-order chi connectivity index (χ1) is 8.79. The van der Waals surface area contributed by atoms with E-state index in [1.54, 1.807) is 11.3 Å². The number of hydrogen-bond acceptors (Lipinski definition) is 3. The third-order valence-electron chi connectivity index (χ3n) is 3.57. The van der Waals surface area contributed by atoms with E-state index in [9.17, 15) is 0 Å². The number of aliphatic hydroxyl groups is 1. The SMILES string of the molecule is CN(Cc1cc(C#CCO)cs1)C1CCCCC1. The Morgan fingerprint density at radius 1 is 1.39 bits per heavy atom. The highest BCUT2D eigenvalue weighted by Gasteiger charge is 2.18. The molecule has 0 bridgehead atoms. The Kier molecular flexibility index (Phi) is 5.25. The maximum Gasteiger partial charge on any atom is 0.104 e. The Morgan fingerprint density at radius 2 is 2.17 bits per heavy atom. The van der Waals surface area contributed by atoms with E-state index in [-0.39, 0.29) is 6.61 Å². The fourth-order valence-corrected chi connectivity index (χ4v) is 3.45. The molecule has 1 fully saturated rings. The summed E-state index contributed by atoms with van der Waals surface area (Å²) in [7, 11) is 2.23. The highest BCUT2D eigenvalue weighted by molar-refractivity contribution is 7.10. The lowest BCUT2D eigenvalue weighted by molar-refractivity contribution is 0.186. The molecule has 1 heterocycles. The lowest BCUT2D eigenvalue weighted by atomic mass is 9.94. The fourth-order valence-electron chi connectivity index (χ4n) is 2.57. The molecular formula is C15H21NOS. The molecule has 0 unspecified atom stereocenters. The molecule has 0 spiro atoms. The average Bonchev–Trinajstić information content (AvgIpc) is 2.85. The van der Waals surface area contributed by atoms with E-state index in [1.165, 1.54) is 37.0 Å². The van der Waals surface area contributed by atoms with E-state index < -0.39 is 0 Å². The topological polar surface area (TPSA) is 23.5 Å². The van der Waals surface area contributed by atoms with Crippen molar-refractivity contribution < 1.29 is 5.11 Å². The second-order valence-electron chi connectivity index (χ2n) is 4.97.